The van der Waals surface area contributed by atoms with Gasteiger partial charge in [-0.3, -0.25) is 14.4 Å². The van der Waals surface area contributed by atoms with E-state index in [9.17, 15) is 22.8 Å². The van der Waals surface area contributed by atoms with Gasteiger partial charge in [0.05, 0.1) is 20.3 Å². The minimum absolute atomic E-state index is 0.143. The number of methoxy groups -OCH3 is 1. The Bertz CT molecular complexity index is 1040. The van der Waals surface area contributed by atoms with Crippen molar-refractivity contribution in [1.82, 2.24) is 14.1 Å². The second-order valence-electron chi connectivity index (χ2n) is 7.97. The number of ether oxygens (including phenoxy) is 2. The molecule has 2 aliphatic rings. The van der Waals surface area contributed by atoms with Crippen molar-refractivity contribution in [3.05, 3.63) is 40.3 Å². The average molecular weight is 514 g/mol. The Balaban J connectivity index is 1.80. The van der Waals surface area contributed by atoms with Crippen molar-refractivity contribution in [2.75, 3.05) is 46.5 Å². The number of carbonyl (C=O) groups excluding carboxylic acids is 3. The number of esters is 1. The summed E-state index contributed by atoms with van der Waals surface area (Å²) in [6.07, 6.45) is 1.50. The number of likely N-dealkylation sites (tertiary alicyclic amines) is 1. The van der Waals surface area contributed by atoms with Crippen LogP contribution < -0.4 is 0 Å². The molecule has 0 radical (unpaired) electrons. The second kappa shape index (κ2) is 11.3. The van der Waals surface area contributed by atoms with E-state index in [0.717, 1.165) is 16.8 Å². The number of morpholine rings is 1. The van der Waals surface area contributed by atoms with E-state index in [4.69, 9.17) is 16.3 Å². The lowest BCUT2D eigenvalue weighted by Crippen LogP contribution is -2.53. The lowest BCUT2D eigenvalue weighted by Gasteiger charge is -2.33. The van der Waals surface area contributed by atoms with Gasteiger partial charge in [-0.1, -0.05) is 23.7 Å². The van der Waals surface area contributed by atoms with Crippen LogP contribution >= 0.6 is 11.6 Å². The smallest absolute Gasteiger partial charge is 0.321 e. The molecule has 2 fully saturated rings. The van der Waals surface area contributed by atoms with Crippen LogP contribution in [0.5, 0.6) is 0 Å². The number of hydrogen-bond donors (Lipinski definition) is 0. The van der Waals surface area contributed by atoms with Crippen molar-refractivity contribution in [2.24, 2.45) is 0 Å². The first-order valence-corrected chi connectivity index (χ1v) is 12.7. The zero-order valence-electron chi connectivity index (χ0n) is 19.1. The SMILES string of the molecule is COC(=O)CN([C@H]1CCN([C@@H](C)C(=O)N2CCOCC2)C1=O)S(=O)(=O)/C=C/c1ccc(Cl)cc1. The van der Waals surface area contributed by atoms with E-state index in [0.29, 0.717) is 36.9 Å². The molecule has 0 bridgehead atoms. The molecule has 0 aliphatic carbocycles. The van der Waals surface area contributed by atoms with Crippen LogP contribution in [0.3, 0.4) is 0 Å². The van der Waals surface area contributed by atoms with Crippen molar-refractivity contribution >= 4 is 45.5 Å². The van der Waals surface area contributed by atoms with Gasteiger partial charge in [-0.25, -0.2) is 8.42 Å². The molecule has 1 aromatic rings. The third-order valence-corrected chi connectivity index (χ3v) is 7.62. The fourth-order valence-electron chi connectivity index (χ4n) is 3.91. The first kappa shape index (κ1) is 26.1. The summed E-state index contributed by atoms with van der Waals surface area (Å²) in [4.78, 5) is 41.1. The maximum absolute atomic E-state index is 13.2. The van der Waals surface area contributed by atoms with Gasteiger partial charge in [-0.15, -0.1) is 0 Å². The fraction of sp³-hybridized carbons (Fsp3) is 0.500. The standard InChI is InChI=1S/C22H28ClN3O7S/c1-16(21(28)24-10-12-33-13-11-24)25-9-7-19(22(25)29)26(15-20(27)32-2)34(30,31)14-8-17-3-5-18(23)6-4-17/h3-6,8,14,16,19H,7,9-13,15H2,1-2H3/b14-8+/t16-,19-/m0/s1. The van der Waals surface area contributed by atoms with Gasteiger partial charge in [0, 0.05) is 30.1 Å². The molecule has 186 valence electrons. The van der Waals surface area contributed by atoms with Crippen molar-refractivity contribution in [3.8, 4) is 0 Å². The summed E-state index contributed by atoms with van der Waals surface area (Å²) in [5.41, 5.74) is 0.579. The van der Waals surface area contributed by atoms with Crippen molar-refractivity contribution < 1.29 is 32.3 Å². The topological polar surface area (TPSA) is 114 Å². The fourth-order valence-corrected chi connectivity index (χ4v) is 5.35. The van der Waals surface area contributed by atoms with Crippen molar-refractivity contribution in [3.63, 3.8) is 0 Å². The highest BCUT2D eigenvalue weighted by molar-refractivity contribution is 7.92. The molecule has 2 amide bonds. The highest BCUT2D eigenvalue weighted by atomic mass is 35.5. The van der Waals surface area contributed by atoms with Crippen LogP contribution in [0.25, 0.3) is 6.08 Å². The monoisotopic (exact) mass is 513 g/mol. The van der Waals surface area contributed by atoms with Gasteiger partial charge in [0.1, 0.15) is 18.6 Å². The summed E-state index contributed by atoms with van der Waals surface area (Å²) in [7, 11) is -3.04. The third-order valence-electron chi connectivity index (χ3n) is 5.85. The molecule has 10 nitrogen and oxygen atoms in total. The number of carbonyl (C=O) groups is 3. The van der Waals surface area contributed by atoms with Crippen LogP contribution in [0.2, 0.25) is 5.02 Å². The molecular formula is C22H28ClN3O7S. The van der Waals surface area contributed by atoms with E-state index in [1.807, 2.05) is 0 Å². The quantitative estimate of drug-likeness (QED) is 0.476. The lowest BCUT2D eigenvalue weighted by atomic mass is 10.2. The molecule has 2 heterocycles. The minimum atomic E-state index is -4.18. The van der Waals surface area contributed by atoms with Crippen molar-refractivity contribution in [2.45, 2.75) is 25.4 Å². The molecule has 3 rings (SSSR count). The predicted molar refractivity (Wildman–Crippen MR) is 125 cm³/mol. The summed E-state index contributed by atoms with van der Waals surface area (Å²) >= 11 is 5.86. The molecule has 34 heavy (non-hydrogen) atoms. The Kier molecular flexibility index (Phi) is 8.69. The Morgan fingerprint density at radius 1 is 1.24 bits per heavy atom. The normalized spacial score (nSPS) is 20.2. The van der Waals surface area contributed by atoms with Gasteiger partial charge in [-0.05, 0) is 37.1 Å². The van der Waals surface area contributed by atoms with Crippen LogP contribution in [0, 0.1) is 0 Å². The molecule has 0 aromatic heterocycles. The Hall–Kier alpha value is -2.47. The molecule has 0 N–H and O–H groups in total. The first-order chi connectivity index (χ1) is 16.1. The van der Waals surface area contributed by atoms with Crippen LogP contribution in [-0.2, 0) is 33.9 Å². The van der Waals surface area contributed by atoms with Crippen LogP contribution in [0.1, 0.15) is 18.9 Å². The summed E-state index contributed by atoms with van der Waals surface area (Å²) in [5.74, 6) is -1.55. The molecule has 0 unspecified atom stereocenters. The van der Waals surface area contributed by atoms with E-state index in [2.05, 4.69) is 4.74 Å². The molecule has 2 atom stereocenters. The highest BCUT2D eigenvalue weighted by Gasteiger charge is 2.44. The second-order valence-corrected chi connectivity index (χ2v) is 10.2. The Morgan fingerprint density at radius 3 is 2.50 bits per heavy atom. The zero-order valence-corrected chi connectivity index (χ0v) is 20.6. The maximum atomic E-state index is 13.2. The van der Waals surface area contributed by atoms with Gasteiger partial charge in [-0.2, -0.15) is 4.31 Å². The Morgan fingerprint density at radius 2 is 1.88 bits per heavy atom. The first-order valence-electron chi connectivity index (χ1n) is 10.8. The van der Waals surface area contributed by atoms with Crippen LogP contribution in [0.4, 0.5) is 0 Å². The molecule has 0 spiro atoms. The molecule has 2 aliphatic heterocycles. The number of nitrogens with zero attached hydrogens (tertiary/aromatic N) is 3. The summed E-state index contributed by atoms with van der Waals surface area (Å²) in [6.45, 7) is 2.92. The van der Waals surface area contributed by atoms with Gasteiger partial charge >= 0.3 is 5.97 Å². The van der Waals surface area contributed by atoms with Crippen LogP contribution in [0.15, 0.2) is 29.7 Å². The number of amides is 2. The number of rotatable bonds is 8. The highest BCUT2D eigenvalue weighted by Crippen LogP contribution is 2.24. The molecule has 1 aromatic carbocycles. The van der Waals surface area contributed by atoms with E-state index >= 15 is 0 Å². The average Bonchev–Trinajstić information content (AvgIpc) is 3.22. The number of halogens is 1. The molecule has 12 heteroatoms. The summed E-state index contributed by atoms with van der Waals surface area (Å²) in [5, 5.41) is 1.45. The third kappa shape index (κ3) is 6.15. The molecule has 2 saturated heterocycles. The van der Waals surface area contributed by atoms with Gasteiger partial charge in [0.2, 0.25) is 21.8 Å². The largest absolute Gasteiger partial charge is 0.468 e. The van der Waals surface area contributed by atoms with Gasteiger partial charge in [0.15, 0.2) is 0 Å². The summed E-state index contributed by atoms with van der Waals surface area (Å²) < 4.78 is 37.1. The van der Waals surface area contributed by atoms with Crippen LogP contribution in [-0.4, -0.2) is 98.9 Å². The number of benzene rings is 1. The zero-order chi connectivity index (χ0) is 24.9. The van der Waals surface area contributed by atoms with E-state index in [1.165, 1.54) is 11.0 Å². The van der Waals surface area contributed by atoms with Crippen molar-refractivity contribution in [1.29, 1.82) is 0 Å². The maximum Gasteiger partial charge on any atom is 0.321 e. The number of sulfonamides is 1. The summed E-state index contributed by atoms with van der Waals surface area (Å²) in [6, 6.07) is 4.62. The van der Waals surface area contributed by atoms with Gasteiger partial charge in [0.25, 0.3) is 0 Å². The van der Waals surface area contributed by atoms with E-state index in [-0.39, 0.29) is 18.9 Å². The van der Waals surface area contributed by atoms with E-state index in [1.54, 1.807) is 36.1 Å². The lowest BCUT2D eigenvalue weighted by molar-refractivity contribution is -0.147. The minimum Gasteiger partial charge on any atom is -0.468 e. The predicted octanol–water partition coefficient (Wildman–Crippen LogP) is 0.964. The number of hydrogen-bond acceptors (Lipinski definition) is 7. The van der Waals surface area contributed by atoms with E-state index < -0.39 is 40.5 Å². The Labute approximate surface area is 204 Å². The van der Waals surface area contributed by atoms with Gasteiger partial charge < -0.3 is 19.3 Å². The molecular weight excluding hydrogens is 486 g/mol. The molecule has 0 saturated carbocycles.